The zero-order valence-corrected chi connectivity index (χ0v) is 18.4. The number of hydrogen-bond donors (Lipinski definition) is 0. The lowest BCUT2D eigenvalue weighted by Gasteiger charge is -2.23. The zero-order valence-electron chi connectivity index (χ0n) is 18.4. The number of fused-ring (bicyclic) bond motifs is 1. The Bertz CT molecular complexity index is 1470. The van der Waals surface area contributed by atoms with Crippen LogP contribution in [0.4, 0.5) is 5.69 Å². The summed E-state index contributed by atoms with van der Waals surface area (Å²) in [5, 5.41) is 12.6. The third-order valence-corrected chi connectivity index (χ3v) is 6.07. The van der Waals surface area contributed by atoms with Gasteiger partial charge in [0, 0.05) is 12.3 Å². The summed E-state index contributed by atoms with van der Waals surface area (Å²) in [5.41, 5.74) is 3.38. The predicted molar refractivity (Wildman–Crippen MR) is 134 cm³/mol. The summed E-state index contributed by atoms with van der Waals surface area (Å²) in [6.45, 7) is 0. The smallest absolute Gasteiger partial charge is 0.277 e. The van der Waals surface area contributed by atoms with Crippen LogP contribution in [0, 0.1) is 10.1 Å². The standard InChI is InChI=1S/C29H22N2O3/c32-29-25-17-10-18-26(31(33)34)27(25)24(19-21-11-4-1-5-12-21)20-30(29)28(22-13-6-2-7-14-22)23-15-8-3-9-16-23/h1-18,20,28H,19H2. The van der Waals surface area contributed by atoms with Gasteiger partial charge < -0.3 is 4.57 Å². The van der Waals surface area contributed by atoms with Gasteiger partial charge in [0.1, 0.15) is 0 Å². The number of nitro benzene ring substituents is 1. The predicted octanol–water partition coefficient (Wildman–Crippen LogP) is 6.14. The maximum atomic E-state index is 13.8. The molecule has 0 bridgehead atoms. The van der Waals surface area contributed by atoms with Gasteiger partial charge in [0.25, 0.3) is 11.2 Å². The van der Waals surface area contributed by atoms with Crippen molar-refractivity contribution < 1.29 is 4.92 Å². The molecular weight excluding hydrogens is 424 g/mol. The maximum absolute atomic E-state index is 13.8. The first-order chi connectivity index (χ1) is 16.6. The van der Waals surface area contributed by atoms with Gasteiger partial charge in [0.2, 0.25) is 0 Å². The Morgan fingerprint density at radius 1 is 0.735 bits per heavy atom. The van der Waals surface area contributed by atoms with Gasteiger partial charge in [-0.15, -0.1) is 0 Å². The topological polar surface area (TPSA) is 65.1 Å². The van der Waals surface area contributed by atoms with E-state index in [9.17, 15) is 14.9 Å². The van der Waals surface area contributed by atoms with E-state index in [1.807, 2.05) is 91.0 Å². The van der Waals surface area contributed by atoms with Gasteiger partial charge >= 0.3 is 0 Å². The van der Waals surface area contributed by atoms with Crippen molar-refractivity contribution >= 4 is 16.5 Å². The van der Waals surface area contributed by atoms with Crippen molar-refractivity contribution in [2.45, 2.75) is 12.5 Å². The number of aromatic nitrogens is 1. The van der Waals surface area contributed by atoms with Crippen molar-refractivity contribution in [3.63, 3.8) is 0 Å². The van der Waals surface area contributed by atoms with Crippen molar-refractivity contribution in [3.8, 4) is 0 Å². The Morgan fingerprint density at radius 2 is 1.29 bits per heavy atom. The monoisotopic (exact) mass is 446 g/mol. The number of rotatable bonds is 6. The van der Waals surface area contributed by atoms with Gasteiger partial charge in [-0.25, -0.2) is 0 Å². The highest BCUT2D eigenvalue weighted by Crippen LogP contribution is 2.32. The number of hydrogen-bond acceptors (Lipinski definition) is 3. The Balaban J connectivity index is 1.83. The molecule has 0 fully saturated rings. The average molecular weight is 447 g/mol. The molecular formula is C29H22N2O3. The molecule has 34 heavy (non-hydrogen) atoms. The van der Waals surface area contributed by atoms with Crippen LogP contribution in [-0.2, 0) is 6.42 Å². The lowest BCUT2D eigenvalue weighted by Crippen LogP contribution is -2.27. The summed E-state index contributed by atoms with van der Waals surface area (Å²) in [6.07, 6.45) is 2.27. The summed E-state index contributed by atoms with van der Waals surface area (Å²) in [4.78, 5) is 25.3. The molecule has 0 amide bonds. The molecule has 0 aliphatic heterocycles. The molecule has 1 heterocycles. The highest BCUT2D eigenvalue weighted by Gasteiger charge is 2.24. The Kier molecular flexibility index (Phi) is 5.75. The maximum Gasteiger partial charge on any atom is 0.277 e. The first-order valence-electron chi connectivity index (χ1n) is 11.1. The molecule has 5 rings (SSSR count). The first-order valence-corrected chi connectivity index (χ1v) is 11.1. The Labute approximate surface area is 196 Å². The molecule has 0 radical (unpaired) electrons. The molecule has 166 valence electrons. The largest absolute Gasteiger partial charge is 0.303 e. The van der Waals surface area contributed by atoms with Gasteiger partial charge in [0.05, 0.1) is 21.7 Å². The minimum absolute atomic E-state index is 0.0522. The molecule has 5 aromatic rings. The average Bonchev–Trinajstić information content (AvgIpc) is 2.88. The van der Waals surface area contributed by atoms with E-state index in [-0.39, 0.29) is 17.3 Å². The van der Waals surface area contributed by atoms with Crippen LogP contribution in [0.2, 0.25) is 0 Å². The number of non-ortho nitro benzene ring substituents is 1. The van der Waals surface area contributed by atoms with Crippen LogP contribution in [0.1, 0.15) is 28.3 Å². The summed E-state index contributed by atoms with van der Waals surface area (Å²) in [7, 11) is 0. The third kappa shape index (κ3) is 3.99. The number of pyridine rings is 1. The highest BCUT2D eigenvalue weighted by atomic mass is 16.6. The highest BCUT2D eigenvalue weighted by molar-refractivity contribution is 5.93. The van der Waals surface area contributed by atoms with E-state index in [2.05, 4.69) is 0 Å². The minimum Gasteiger partial charge on any atom is -0.303 e. The third-order valence-electron chi connectivity index (χ3n) is 6.07. The molecule has 0 N–H and O–H groups in total. The van der Waals surface area contributed by atoms with Crippen molar-refractivity contribution in [2.24, 2.45) is 0 Å². The minimum atomic E-state index is -0.410. The van der Waals surface area contributed by atoms with Crippen molar-refractivity contribution in [1.82, 2.24) is 4.57 Å². The molecule has 5 nitrogen and oxygen atoms in total. The quantitative estimate of drug-likeness (QED) is 0.232. The van der Waals surface area contributed by atoms with Crippen molar-refractivity contribution in [3.05, 3.63) is 158 Å². The molecule has 0 saturated heterocycles. The van der Waals surface area contributed by atoms with E-state index in [0.29, 0.717) is 17.2 Å². The number of nitrogens with zero attached hydrogens (tertiary/aromatic N) is 2. The van der Waals surface area contributed by atoms with Crippen LogP contribution in [-0.4, -0.2) is 9.49 Å². The van der Waals surface area contributed by atoms with Crippen LogP contribution < -0.4 is 5.56 Å². The fraction of sp³-hybridized carbons (Fsp3) is 0.0690. The van der Waals surface area contributed by atoms with E-state index in [4.69, 9.17) is 0 Å². The molecule has 0 spiro atoms. The van der Waals surface area contributed by atoms with Crippen LogP contribution >= 0.6 is 0 Å². The van der Waals surface area contributed by atoms with Crippen LogP contribution in [0.5, 0.6) is 0 Å². The van der Waals surface area contributed by atoms with E-state index in [1.165, 1.54) is 6.07 Å². The number of benzene rings is 4. The molecule has 5 heteroatoms. The summed E-state index contributed by atoms with van der Waals surface area (Å²) < 4.78 is 1.72. The second kappa shape index (κ2) is 9.16. The molecule has 0 saturated carbocycles. The van der Waals surface area contributed by atoms with Gasteiger partial charge in [-0.3, -0.25) is 14.9 Å². The van der Waals surface area contributed by atoms with Crippen LogP contribution in [0.3, 0.4) is 0 Å². The molecule has 0 aliphatic rings. The van der Waals surface area contributed by atoms with Crippen LogP contribution in [0.15, 0.2) is 120 Å². The molecule has 1 aromatic heterocycles. The fourth-order valence-corrected chi connectivity index (χ4v) is 4.56. The van der Waals surface area contributed by atoms with Gasteiger partial charge in [-0.05, 0) is 34.7 Å². The summed E-state index contributed by atoms with van der Waals surface area (Å²) in [6, 6.07) is 33.8. The fourth-order valence-electron chi connectivity index (χ4n) is 4.56. The Morgan fingerprint density at radius 3 is 1.85 bits per heavy atom. The van der Waals surface area contributed by atoms with E-state index >= 15 is 0 Å². The van der Waals surface area contributed by atoms with Gasteiger partial charge in [-0.2, -0.15) is 0 Å². The normalized spacial score (nSPS) is 11.1. The zero-order chi connectivity index (χ0) is 23.5. The van der Waals surface area contributed by atoms with E-state index in [0.717, 1.165) is 22.3 Å². The van der Waals surface area contributed by atoms with Gasteiger partial charge in [-0.1, -0.05) is 97.1 Å². The van der Waals surface area contributed by atoms with Crippen molar-refractivity contribution in [2.75, 3.05) is 0 Å². The van der Waals surface area contributed by atoms with Crippen molar-refractivity contribution in [1.29, 1.82) is 0 Å². The Hall–Kier alpha value is -4.51. The van der Waals surface area contributed by atoms with E-state index in [1.54, 1.807) is 22.9 Å². The van der Waals surface area contributed by atoms with E-state index < -0.39 is 4.92 Å². The SMILES string of the molecule is O=c1c2cccc([N+](=O)[O-])c2c(Cc2ccccc2)cn1C(c1ccccc1)c1ccccc1. The lowest BCUT2D eigenvalue weighted by molar-refractivity contribution is -0.383. The van der Waals surface area contributed by atoms with Gasteiger partial charge in [0.15, 0.2) is 0 Å². The molecule has 0 aliphatic carbocycles. The lowest BCUT2D eigenvalue weighted by atomic mass is 9.95. The second-order valence-corrected chi connectivity index (χ2v) is 8.21. The van der Waals surface area contributed by atoms with Crippen LogP contribution in [0.25, 0.3) is 10.8 Å². The second-order valence-electron chi connectivity index (χ2n) is 8.21. The molecule has 0 atom stereocenters. The summed E-state index contributed by atoms with van der Waals surface area (Å²) >= 11 is 0. The number of nitro groups is 1. The summed E-state index contributed by atoms with van der Waals surface area (Å²) in [5.74, 6) is 0. The molecule has 0 unspecified atom stereocenters. The molecule has 4 aromatic carbocycles. The first kappa shape index (κ1) is 21.3.